The highest BCUT2D eigenvalue weighted by molar-refractivity contribution is 7.91. The summed E-state index contributed by atoms with van der Waals surface area (Å²) in [6.45, 7) is 2.25. The molecule has 4 nitrogen and oxygen atoms in total. The van der Waals surface area contributed by atoms with Gasteiger partial charge in [-0.25, -0.2) is 8.42 Å². The number of hydrogen-bond acceptors (Lipinski definition) is 5. The van der Waals surface area contributed by atoms with Crippen molar-refractivity contribution in [3.8, 4) is 20.9 Å². The van der Waals surface area contributed by atoms with Crippen LogP contribution in [-0.4, -0.2) is 14.2 Å². The number of benzene rings is 6. The summed E-state index contributed by atoms with van der Waals surface area (Å²) >= 11 is 1.56. The number of anilines is 6. The lowest BCUT2D eigenvalue weighted by atomic mass is 10.1. The molecule has 7 aromatic rings. The fourth-order valence-corrected chi connectivity index (χ4v) is 10.7. The molecule has 6 heteroatoms. The van der Waals surface area contributed by atoms with Gasteiger partial charge in [-0.05, 0) is 96.4 Å². The molecule has 0 aliphatic rings. The molecular formula is C52H54N2O2S2. The third-order valence-electron chi connectivity index (χ3n) is 10.7. The predicted molar refractivity (Wildman–Crippen MR) is 248 cm³/mol. The van der Waals surface area contributed by atoms with Gasteiger partial charge in [-0.15, -0.1) is 11.3 Å². The van der Waals surface area contributed by atoms with E-state index in [9.17, 15) is 8.42 Å². The van der Waals surface area contributed by atoms with Crippen LogP contribution in [0.2, 0.25) is 0 Å². The number of sulfone groups is 1. The molecule has 0 fully saturated rings. The molecule has 7 rings (SSSR count). The summed E-state index contributed by atoms with van der Waals surface area (Å²) in [4.78, 5) is 6.62. The van der Waals surface area contributed by atoms with E-state index in [0.717, 1.165) is 67.8 Å². The lowest BCUT2D eigenvalue weighted by Gasteiger charge is -2.25. The molecule has 0 unspecified atom stereocenters. The molecule has 0 aliphatic carbocycles. The van der Waals surface area contributed by atoms with Crippen molar-refractivity contribution in [2.24, 2.45) is 0 Å². The first-order valence-electron chi connectivity index (χ1n) is 20.9. The summed E-state index contributed by atoms with van der Waals surface area (Å²) in [7, 11) is -3.55. The van der Waals surface area contributed by atoms with Crippen molar-refractivity contribution in [3.05, 3.63) is 176 Å². The zero-order valence-corrected chi connectivity index (χ0v) is 35.2. The highest BCUT2D eigenvalue weighted by Gasteiger charge is 2.24. The van der Waals surface area contributed by atoms with Crippen molar-refractivity contribution in [1.29, 1.82) is 0 Å². The van der Waals surface area contributed by atoms with Gasteiger partial charge >= 0.3 is 0 Å². The van der Waals surface area contributed by atoms with Crippen LogP contribution in [0.3, 0.4) is 0 Å². The maximum absolute atomic E-state index is 14.3. The molecule has 296 valence electrons. The van der Waals surface area contributed by atoms with Crippen LogP contribution in [0.4, 0.5) is 34.1 Å². The third kappa shape index (κ3) is 10.4. The lowest BCUT2D eigenvalue weighted by molar-refractivity contribution is 0.558. The summed E-state index contributed by atoms with van der Waals surface area (Å²) in [6, 6.07) is 60.1. The van der Waals surface area contributed by atoms with E-state index >= 15 is 0 Å². The first-order chi connectivity index (χ1) is 28.5. The summed E-state index contributed by atoms with van der Waals surface area (Å²) in [5.74, 6) is 0.155. The Hall–Kier alpha value is -5.43. The van der Waals surface area contributed by atoms with Gasteiger partial charge in [0.25, 0.3) is 0 Å². The van der Waals surface area contributed by atoms with Gasteiger partial charge in [0.05, 0.1) is 15.5 Å². The van der Waals surface area contributed by atoms with Crippen LogP contribution < -0.4 is 9.80 Å². The highest BCUT2D eigenvalue weighted by atomic mass is 32.2. The average Bonchev–Trinajstić information content (AvgIpc) is 3.74. The van der Waals surface area contributed by atoms with Gasteiger partial charge < -0.3 is 9.80 Å². The van der Waals surface area contributed by atoms with Crippen LogP contribution >= 0.6 is 11.3 Å². The number of hydrogen-bond donors (Lipinski definition) is 0. The molecule has 6 aromatic carbocycles. The van der Waals surface area contributed by atoms with Gasteiger partial charge in [0.15, 0.2) is 9.84 Å². The van der Waals surface area contributed by atoms with E-state index in [1.54, 1.807) is 11.3 Å². The largest absolute Gasteiger partial charge is 0.311 e. The number of nitrogens with zero attached hydrogens (tertiary/aromatic N) is 2. The predicted octanol–water partition coefficient (Wildman–Crippen LogP) is 15.7. The van der Waals surface area contributed by atoms with Gasteiger partial charge in [0, 0.05) is 39.0 Å². The Morgan fingerprint density at radius 1 is 0.414 bits per heavy atom. The van der Waals surface area contributed by atoms with Crippen LogP contribution in [-0.2, 0) is 9.84 Å². The second-order valence-corrected chi connectivity index (χ2v) is 18.0. The minimum absolute atomic E-state index is 0.155. The zero-order chi connectivity index (χ0) is 40.0. The standard InChI is InChI=1S/C52H54N2O2S2/c1-2-3-4-5-6-7-8-9-10-23-40-58(55,56)51-41-50(42-32-36-48(37-33-42)53(44-24-15-11-16-25-44)45-26-17-12-18-27-45)57-52(51)43-34-38-49(39-35-43)54(46-28-19-13-20-29-46)47-30-21-14-22-31-47/h11-22,24-39,41H,2-10,23,40H2,1H3. The topological polar surface area (TPSA) is 40.6 Å². The molecule has 0 spiro atoms. The Bertz CT molecular complexity index is 2300. The van der Waals surface area contributed by atoms with E-state index in [1.807, 2.05) is 54.6 Å². The maximum Gasteiger partial charge on any atom is 0.179 e. The maximum atomic E-state index is 14.3. The average molecular weight is 803 g/mol. The Morgan fingerprint density at radius 2 is 0.759 bits per heavy atom. The Balaban J connectivity index is 1.17. The normalized spacial score (nSPS) is 11.4. The van der Waals surface area contributed by atoms with Crippen LogP contribution in [0.1, 0.15) is 71.1 Å². The molecule has 0 atom stereocenters. The highest BCUT2D eigenvalue weighted by Crippen LogP contribution is 2.44. The van der Waals surface area contributed by atoms with E-state index in [4.69, 9.17) is 0 Å². The number of rotatable bonds is 20. The smallest absolute Gasteiger partial charge is 0.179 e. The van der Waals surface area contributed by atoms with Gasteiger partial charge in [-0.3, -0.25) is 0 Å². The lowest BCUT2D eigenvalue weighted by Crippen LogP contribution is -2.09. The van der Waals surface area contributed by atoms with Gasteiger partial charge in [0.2, 0.25) is 0 Å². The molecule has 58 heavy (non-hydrogen) atoms. The Morgan fingerprint density at radius 3 is 1.16 bits per heavy atom. The SMILES string of the molecule is CCCCCCCCCCCCS(=O)(=O)c1cc(-c2ccc(N(c3ccccc3)c3ccccc3)cc2)sc1-c1ccc(N(c2ccccc2)c2ccccc2)cc1. The molecule has 1 aromatic heterocycles. The molecule has 0 N–H and O–H groups in total. The number of para-hydroxylation sites is 4. The molecule has 0 amide bonds. The van der Waals surface area contributed by atoms with Crippen LogP contribution in [0.25, 0.3) is 20.9 Å². The fourth-order valence-electron chi connectivity index (χ4n) is 7.58. The molecule has 0 saturated carbocycles. The zero-order valence-electron chi connectivity index (χ0n) is 33.5. The third-order valence-corrected chi connectivity index (χ3v) is 13.8. The van der Waals surface area contributed by atoms with E-state index < -0.39 is 9.84 Å². The van der Waals surface area contributed by atoms with Crippen molar-refractivity contribution >= 4 is 55.3 Å². The van der Waals surface area contributed by atoms with Crippen molar-refractivity contribution in [2.75, 3.05) is 15.6 Å². The first-order valence-corrected chi connectivity index (χ1v) is 23.4. The second kappa shape index (κ2) is 20.3. The van der Waals surface area contributed by atoms with Gasteiger partial charge in [0.1, 0.15) is 0 Å². The van der Waals surface area contributed by atoms with Crippen molar-refractivity contribution in [3.63, 3.8) is 0 Å². The molecular weight excluding hydrogens is 749 g/mol. The molecule has 0 radical (unpaired) electrons. The molecule has 1 heterocycles. The van der Waals surface area contributed by atoms with Crippen LogP contribution in [0.15, 0.2) is 181 Å². The van der Waals surface area contributed by atoms with Crippen LogP contribution in [0.5, 0.6) is 0 Å². The Kier molecular flexibility index (Phi) is 14.3. The van der Waals surface area contributed by atoms with Crippen molar-refractivity contribution in [2.45, 2.75) is 76.0 Å². The Labute approximate surface area is 350 Å². The summed E-state index contributed by atoms with van der Waals surface area (Å²) < 4.78 is 28.6. The summed E-state index contributed by atoms with van der Waals surface area (Å²) in [6.07, 6.45) is 11.6. The monoisotopic (exact) mass is 802 g/mol. The van der Waals surface area contributed by atoms with Gasteiger partial charge in [-0.2, -0.15) is 0 Å². The van der Waals surface area contributed by atoms with E-state index in [1.165, 1.54) is 44.9 Å². The minimum Gasteiger partial charge on any atom is -0.311 e. The molecule has 0 saturated heterocycles. The summed E-state index contributed by atoms with van der Waals surface area (Å²) in [5.41, 5.74) is 8.19. The van der Waals surface area contributed by atoms with Crippen molar-refractivity contribution < 1.29 is 8.42 Å². The number of unbranched alkanes of at least 4 members (excludes halogenated alkanes) is 9. The second-order valence-electron chi connectivity index (χ2n) is 14.9. The molecule has 0 aliphatic heterocycles. The van der Waals surface area contributed by atoms with E-state index in [0.29, 0.717) is 11.3 Å². The minimum atomic E-state index is -3.55. The quantitative estimate of drug-likeness (QED) is 0.0720. The molecule has 0 bridgehead atoms. The van der Waals surface area contributed by atoms with Crippen LogP contribution in [0, 0.1) is 0 Å². The van der Waals surface area contributed by atoms with Gasteiger partial charge in [-0.1, -0.05) is 162 Å². The summed E-state index contributed by atoms with van der Waals surface area (Å²) in [5, 5.41) is 0. The van der Waals surface area contributed by atoms with Crippen molar-refractivity contribution in [1.82, 2.24) is 0 Å². The van der Waals surface area contributed by atoms with E-state index in [2.05, 4.69) is 138 Å². The van der Waals surface area contributed by atoms with E-state index in [-0.39, 0.29) is 5.75 Å². The number of thiophene rings is 1. The first kappa shape index (κ1) is 40.8. The fraction of sp³-hybridized carbons (Fsp3) is 0.231.